The molecule has 32 heavy (non-hydrogen) atoms. The van der Waals surface area contributed by atoms with E-state index >= 15 is 0 Å². The van der Waals surface area contributed by atoms with Gasteiger partial charge < -0.3 is 0 Å². The summed E-state index contributed by atoms with van der Waals surface area (Å²) in [6.07, 6.45) is 1.62. The smallest absolute Gasteiger partial charge is 0.264 e. The molecule has 0 N–H and O–H groups in total. The van der Waals surface area contributed by atoms with Crippen molar-refractivity contribution in [1.29, 1.82) is 0 Å². The maximum Gasteiger partial charge on any atom is 0.264 e. The third-order valence-electron chi connectivity index (χ3n) is 6.33. The average Bonchev–Trinajstić information content (AvgIpc) is 2.78. The lowest BCUT2D eigenvalue weighted by molar-refractivity contribution is 0.206. The highest BCUT2D eigenvalue weighted by Crippen LogP contribution is 2.32. The van der Waals surface area contributed by atoms with Gasteiger partial charge in [-0.25, -0.2) is 8.42 Å². The minimum Gasteiger partial charge on any atom is -0.299 e. The van der Waals surface area contributed by atoms with Crippen LogP contribution in [0.25, 0.3) is 0 Å². The number of nitrogens with zero attached hydrogens (tertiary/aromatic N) is 2. The highest BCUT2D eigenvalue weighted by atomic mass is 32.2. The molecule has 5 heteroatoms. The molecule has 0 amide bonds. The number of benzene rings is 3. The van der Waals surface area contributed by atoms with Gasteiger partial charge in [0.15, 0.2) is 0 Å². The van der Waals surface area contributed by atoms with Crippen LogP contribution in [0, 0.1) is 20.8 Å². The second-order valence-electron chi connectivity index (χ2n) is 8.89. The molecule has 3 aromatic carbocycles. The number of rotatable bonds is 6. The molecule has 168 valence electrons. The second-order valence-corrected chi connectivity index (χ2v) is 10.7. The Morgan fingerprint density at radius 1 is 0.812 bits per heavy atom. The van der Waals surface area contributed by atoms with E-state index < -0.39 is 10.0 Å². The van der Waals surface area contributed by atoms with Crippen LogP contribution in [0.1, 0.15) is 35.1 Å². The van der Waals surface area contributed by atoms with E-state index in [0.29, 0.717) is 4.90 Å². The summed E-state index contributed by atoms with van der Waals surface area (Å²) < 4.78 is 29.4. The Bertz CT molecular complexity index is 1150. The fraction of sp³-hybridized carbons (Fsp3) is 0.333. The monoisotopic (exact) mass is 448 g/mol. The average molecular weight is 449 g/mol. The Morgan fingerprint density at radius 2 is 1.38 bits per heavy atom. The molecule has 0 spiro atoms. The van der Waals surface area contributed by atoms with E-state index in [-0.39, 0.29) is 6.04 Å². The maximum absolute atomic E-state index is 13.9. The number of hydrogen-bond donors (Lipinski definition) is 0. The van der Waals surface area contributed by atoms with Crippen LogP contribution in [0.5, 0.6) is 0 Å². The molecule has 0 aromatic heterocycles. The quantitative estimate of drug-likeness (QED) is 0.502. The van der Waals surface area contributed by atoms with Crippen LogP contribution < -0.4 is 4.31 Å². The second kappa shape index (κ2) is 9.47. The van der Waals surface area contributed by atoms with Gasteiger partial charge in [-0.05, 0) is 62.9 Å². The molecule has 1 aliphatic rings. The normalized spacial score (nSPS) is 15.6. The molecule has 1 aliphatic heterocycles. The zero-order chi connectivity index (χ0) is 22.7. The third kappa shape index (κ3) is 4.89. The zero-order valence-electron chi connectivity index (χ0n) is 19.2. The number of piperidine rings is 1. The molecule has 4 nitrogen and oxygen atoms in total. The minimum absolute atomic E-state index is 0.0587. The molecular weight excluding hydrogens is 416 g/mol. The van der Waals surface area contributed by atoms with Crippen molar-refractivity contribution in [3.63, 3.8) is 0 Å². The van der Waals surface area contributed by atoms with E-state index in [1.807, 2.05) is 50.2 Å². The molecule has 1 heterocycles. The van der Waals surface area contributed by atoms with E-state index in [0.717, 1.165) is 49.3 Å². The highest BCUT2D eigenvalue weighted by molar-refractivity contribution is 7.93. The van der Waals surface area contributed by atoms with Crippen molar-refractivity contribution in [1.82, 2.24) is 4.90 Å². The van der Waals surface area contributed by atoms with Crippen LogP contribution in [0.2, 0.25) is 0 Å². The van der Waals surface area contributed by atoms with Gasteiger partial charge in [0, 0.05) is 25.7 Å². The molecule has 0 atom stereocenters. The largest absolute Gasteiger partial charge is 0.299 e. The van der Waals surface area contributed by atoms with Gasteiger partial charge in [0.1, 0.15) is 0 Å². The first-order valence-corrected chi connectivity index (χ1v) is 12.7. The molecule has 0 saturated carbocycles. The van der Waals surface area contributed by atoms with Crippen molar-refractivity contribution in [3.05, 3.63) is 95.1 Å². The third-order valence-corrected chi connectivity index (χ3v) is 8.38. The lowest BCUT2D eigenvalue weighted by atomic mass is 10.0. The molecule has 3 aromatic rings. The Kier molecular flexibility index (Phi) is 6.68. The first-order valence-electron chi connectivity index (χ1n) is 11.3. The van der Waals surface area contributed by atoms with Gasteiger partial charge in [-0.1, -0.05) is 65.7 Å². The van der Waals surface area contributed by atoms with Crippen molar-refractivity contribution in [2.24, 2.45) is 0 Å². The van der Waals surface area contributed by atoms with Gasteiger partial charge in [-0.3, -0.25) is 9.21 Å². The standard InChI is InChI=1S/C27H32N2O2S/c1-21-8-12-24(13-9-21)20-28-18-16-26(17-19-28)29(25-14-10-22(2)11-15-25)32(30,31)27-7-5-4-6-23(27)3/h4-15,26H,16-20H2,1-3H3. The summed E-state index contributed by atoms with van der Waals surface area (Å²) in [5, 5.41) is 0. The Morgan fingerprint density at radius 3 is 1.97 bits per heavy atom. The Labute approximate surface area is 192 Å². The summed E-state index contributed by atoms with van der Waals surface area (Å²) in [7, 11) is -3.66. The van der Waals surface area contributed by atoms with Crippen LogP contribution >= 0.6 is 0 Å². The van der Waals surface area contributed by atoms with Crippen LogP contribution in [0.15, 0.2) is 77.7 Å². The first kappa shape index (κ1) is 22.6. The predicted molar refractivity (Wildman–Crippen MR) is 132 cm³/mol. The van der Waals surface area contributed by atoms with E-state index in [1.165, 1.54) is 11.1 Å². The van der Waals surface area contributed by atoms with E-state index in [1.54, 1.807) is 16.4 Å². The summed E-state index contributed by atoms with van der Waals surface area (Å²) >= 11 is 0. The van der Waals surface area contributed by atoms with Crippen molar-refractivity contribution < 1.29 is 8.42 Å². The summed E-state index contributed by atoms with van der Waals surface area (Å²) in [5.41, 5.74) is 5.21. The number of hydrogen-bond acceptors (Lipinski definition) is 3. The maximum atomic E-state index is 13.9. The molecular formula is C27H32N2O2S. The van der Waals surface area contributed by atoms with Crippen LogP contribution in [-0.2, 0) is 16.6 Å². The highest BCUT2D eigenvalue weighted by Gasteiger charge is 2.34. The van der Waals surface area contributed by atoms with Crippen LogP contribution in [0.4, 0.5) is 5.69 Å². The summed E-state index contributed by atoms with van der Waals surface area (Å²) in [5.74, 6) is 0. The van der Waals surface area contributed by atoms with E-state index in [9.17, 15) is 8.42 Å². The Hall–Kier alpha value is -2.63. The SMILES string of the molecule is Cc1ccc(CN2CCC(N(c3ccc(C)cc3)S(=O)(=O)c3ccccc3C)CC2)cc1. The van der Waals surface area contributed by atoms with Gasteiger partial charge in [0.25, 0.3) is 10.0 Å². The molecule has 1 saturated heterocycles. The summed E-state index contributed by atoms with van der Waals surface area (Å²) in [6.45, 7) is 8.65. The predicted octanol–water partition coefficient (Wildman–Crippen LogP) is 5.47. The number of anilines is 1. The Balaban J connectivity index is 1.58. The van der Waals surface area contributed by atoms with Gasteiger partial charge in [-0.15, -0.1) is 0 Å². The van der Waals surface area contributed by atoms with Gasteiger partial charge in [0.2, 0.25) is 0 Å². The minimum atomic E-state index is -3.66. The summed E-state index contributed by atoms with van der Waals surface area (Å²) in [6, 6.07) is 23.7. The van der Waals surface area contributed by atoms with E-state index in [4.69, 9.17) is 0 Å². The molecule has 0 radical (unpaired) electrons. The van der Waals surface area contributed by atoms with Crippen molar-refractivity contribution >= 4 is 15.7 Å². The van der Waals surface area contributed by atoms with Crippen molar-refractivity contribution in [2.45, 2.75) is 51.1 Å². The first-order chi connectivity index (χ1) is 15.3. The van der Waals surface area contributed by atoms with Crippen molar-refractivity contribution in [2.75, 3.05) is 17.4 Å². The lowest BCUT2D eigenvalue weighted by Gasteiger charge is -2.39. The topological polar surface area (TPSA) is 40.6 Å². The van der Waals surface area contributed by atoms with Gasteiger partial charge >= 0.3 is 0 Å². The molecule has 4 rings (SSSR count). The number of aryl methyl sites for hydroxylation is 3. The van der Waals surface area contributed by atoms with Crippen LogP contribution in [0.3, 0.4) is 0 Å². The molecule has 0 bridgehead atoms. The number of sulfonamides is 1. The lowest BCUT2D eigenvalue weighted by Crippen LogP contribution is -2.47. The van der Waals surface area contributed by atoms with Crippen LogP contribution in [-0.4, -0.2) is 32.4 Å². The fourth-order valence-electron chi connectivity index (χ4n) is 4.45. The molecule has 0 unspecified atom stereocenters. The van der Waals surface area contributed by atoms with Gasteiger partial charge in [0.05, 0.1) is 10.6 Å². The zero-order valence-corrected chi connectivity index (χ0v) is 20.0. The van der Waals surface area contributed by atoms with Crippen molar-refractivity contribution in [3.8, 4) is 0 Å². The van der Waals surface area contributed by atoms with Gasteiger partial charge in [-0.2, -0.15) is 0 Å². The number of likely N-dealkylation sites (tertiary alicyclic amines) is 1. The molecule has 0 aliphatic carbocycles. The van der Waals surface area contributed by atoms with E-state index in [2.05, 4.69) is 36.1 Å². The molecule has 1 fully saturated rings. The summed E-state index contributed by atoms with van der Waals surface area (Å²) in [4.78, 5) is 2.82. The fourth-order valence-corrected chi connectivity index (χ4v) is 6.39.